The number of methoxy groups -OCH3 is 1. The number of hydrogen-bond donors (Lipinski definition) is 1. The Morgan fingerprint density at radius 3 is 2.53 bits per heavy atom. The van der Waals surface area contributed by atoms with Gasteiger partial charge in [-0.15, -0.1) is 0 Å². The lowest BCUT2D eigenvalue weighted by Gasteiger charge is -2.43. The first-order valence-electron chi connectivity index (χ1n) is 5.72. The minimum absolute atomic E-state index is 0.0675. The Hall–Kier alpha value is -1.06. The summed E-state index contributed by atoms with van der Waals surface area (Å²) in [5.41, 5.74) is 0.915. The maximum Gasteiger partial charge on any atom is 0.246 e. The molecule has 0 bridgehead atoms. The lowest BCUT2D eigenvalue weighted by molar-refractivity contribution is -0.128. The average Bonchev–Trinajstić information content (AvgIpc) is 2.25. The zero-order valence-corrected chi connectivity index (χ0v) is 10.6. The summed E-state index contributed by atoms with van der Waals surface area (Å²) in [6.07, 6.45) is 3.09. The van der Waals surface area contributed by atoms with E-state index in [1.54, 1.807) is 0 Å². The van der Waals surface area contributed by atoms with Crippen molar-refractivity contribution < 1.29 is 9.53 Å². The van der Waals surface area contributed by atoms with Gasteiger partial charge in [0.2, 0.25) is 5.91 Å². The number of rotatable bonds is 4. The van der Waals surface area contributed by atoms with Crippen molar-refractivity contribution in [1.29, 1.82) is 0 Å². The normalized spacial score (nSPS) is 17.3. The fourth-order valence-electron chi connectivity index (χ4n) is 2.22. The second-order valence-corrected chi connectivity index (χ2v) is 4.86. The monoisotopic (exact) mass is 253 g/mol. The van der Waals surface area contributed by atoms with E-state index < -0.39 is 0 Å². The molecule has 2 rings (SSSR count). The zero-order chi connectivity index (χ0) is 12.3. The van der Waals surface area contributed by atoms with Crippen LogP contribution in [0.1, 0.15) is 24.8 Å². The molecule has 1 amide bonds. The molecule has 0 unspecified atom stereocenters. The summed E-state index contributed by atoms with van der Waals surface area (Å²) < 4.78 is 4.84. The fourth-order valence-corrected chi connectivity index (χ4v) is 2.35. The molecular formula is C13H16ClNO2. The van der Waals surface area contributed by atoms with E-state index in [0.29, 0.717) is 5.02 Å². The number of halogens is 1. The van der Waals surface area contributed by atoms with Gasteiger partial charge < -0.3 is 10.1 Å². The third kappa shape index (κ3) is 2.61. The van der Waals surface area contributed by atoms with Crippen molar-refractivity contribution >= 4 is 17.5 Å². The number of hydrogen-bond acceptors (Lipinski definition) is 2. The second-order valence-electron chi connectivity index (χ2n) is 4.42. The van der Waals surface area contributed by atoms with E-state index in [9.17, 15) is 4.79 Å². The van der Waals surface area contributed by atoms with Crippen molar-refractivity contribution in [1.82, 2.24) is 5.32 Å². The summed E-state index contributed by atoms with van der Waals surface area (Å²) in [7, 11) is 1.52. The van der Waals surface area contributed by atoms with Crippen LogP contribution in [-0.4, -0.2) is 19.6 Å². The van der Waals surface area contributed by atoms with Gasteiger partial charge in [-0.2, -0.15) is 0 Å². The number of carbonyl (C=O) groups is 1. The first-order valence-corrected chi connectivity index (χ1v) is 6.10. The van der Waals surface area contributed by atoms with Crippen LogP contribution < -0.4 is 5.32 Å². The summed E-state index contributed by atoms with van der Waals surface area (Å²) in [4.78, 5) is 11.6. The summed E-state index contributed by atoms with van der Waals surface area (Å²) >= 11 is 5.87. The Kier molecular flexibility index (Phi) is 3.69. The van der Waals surface area contributed by atoms with Gasteiger partial charge in [0.1, 0.15) is 6.61 Å². The Morgan fingerprint density at radius 2 is 2.06 bits per heavy atom. The molecule has 1 fully saturated rings. The van der Waals surface area contributed by atoms with Gasteiger partial charge in [0.15, 0.2) is 0 Å². The maximum atomic E-state index is 11.6. The zero-order valence-electron chi connectivity index (χ0n) is 9.83. The molecule has 4 heteroatoms. The Labute approximate surface area is 106 Å². The molecule has 0 aliphatic heterocycles. The van der Waals surface area contributed by atoms with E-state index in [0.717, 1.165) is 24.8 Å². The fraction of sp³-hybridized carbons (Fsp3) is 0.462. The largest absolute Gasteiger partial charge is 0.375 e. The molecule has 1 aliphatic carbocycles. The maximum absolute atomic E-state index is 11.6. The molecule has 1 aromatic rings. The molecule has 1 aliphatic rings. The van der Waals surface area contributed by atoms with Crippen LogP contribution in [0.25, 0.3) is 0 Å². The molecule has 0 aromatic heterocycles. The highest BCUT2D eigenvalue weighted by atomic mass is 35.5. The van der Waals surface area contributed by atoms with Crippen LogP contribution in [-0.2, 0) is 15.1 Å². The quantitative estimate of drug-likeness (QED) is 0.895. The number of carbonyl (C=O) groups excluding carboxylic acids is 1. The second kappa shape index (κ2) is 5.07. The molecule has 0 radical (unpaired) electrons. The van der Waals surface area contributed by atoms with E-state index in [1.165, 1.54) is 7.11 Å². The van der Waals surface area contributed by atoms with Gasteiger partial charge in [0.25, 0.3) is 0 Å². The van der Waals surface area contributed by atoms with Crippen molar-refractivity contribution in [3.05, 3.63) is 34.9 Å². The van der Waals surface area contributed by atoms with Crippen LogP contribution >= 0.6 is 11.6 Å². The molecule has 1 aromatic carbocycles. The average molecular weight is 254 g/mol. The van der Waals surface area contributed by atoms with E-state index in [2.05, 4.69) is 5.32 Å². The van der Waals surface area contributed by atoms with Crippen molar-refractivity contribution in [3.63, 3.8) is 0 Å². The highest BCUT2D eigenvalue weighted by molar-refractivity contribution is 6.30. The standard InChI is InChI=1S/C13H16ClNO2/c1-17-9-12(16)15-13(7-2-8-13)10-3-5-11(14)6-4-10/h3-6H,2,7-9H2,1H3,(H,15,16). The summed E-state index contributed by atoms with van der Waals surface area (Å²) in [5, 5.41) is 3.77. The summed E-state index contributed by atoms with van der Waals surface area (Å²) in [6, 6.07) is 7.68. The van der Waals surface area contributed by atoms with Gasteiger partial charge in [-0.25, -0.2) is 0 Å². The van der Waals surface area contributed by atoms with Crippen molar-refractivity contribution in [2.45, 2.75) is 24.8 Å². The molecule has 1 N–H and O–H groups in total. The van der Waals surface area contributed by atoms with E-state index in [1.807, 2.05) is 24.3 Å². The van der Waals surface area contributed by atoms with E-state index >= 15 is 0 Å². The third-order valence-corrected chi connectivity index (χ3v) is 3.51. The Balaban J connectivity index is 2.14. The number of nitrogens with one attached hydrogen (secondary N) is 1. The predicted octanol–water partition coefficient (Wildman–Crippen LogP) is 2.48. The molecule has 0 saturated heterocycles. The van der Waals surface area contributed by atoms with Gasteiger partial charge in [-0.1, -0.05) is 23.7 Å². The number of amides is 1. The van der Waals surface area contributed by atoms with Gasteiger partial charge >= 0.3 is 0 Å². The minimum atomic E-state index is -0.208. The van der Waals surface area contributed by atoms with Gasteiger partial charge in [0, 0.05) is 12.1 Å². The highest BCUT2D eigenvalue weighted by Crippen LogP contribution is 2.41. The summed E-state index contributed by atoms with van der Waals surface area (Å²) in [6.45, 7) is 0.106. The van der Waals surface area contributed by atoms with Crippen LogP contribution in [0.15, 0.2) is 24.3 Å². The molecule has 1 saturated carbocycles. The molecule has 0 spiro atoms. The van der Waals surface area contributed by atoms with Gasteiger partial charge in [-0.3, -0.25) is 4.79 Å². The highest BCUT2D eigenvalue weighted by Gasteiger charge is 2.39. The molecule has 0 heterocycles. The van der Waals surface area contributed by atoms with Gasteiger partial charge in [0.05, 0.1) is 5.54 Å². The first-order chi connectivity index (χ1) is 8.16. The third-order valence-electron chi connectivity index (χ3n) is 3.26. The summed E-state index contributed by atoms with van der Waals surface area (Å²) in [5.74, 6) is -0.0675. The lowest BCUT2D eigenvalue weighted by Crippen LogP contribution is -2.51. The molecule has 3 nitrogen and oxygen atoms in total. The SMILES string of the molecule is COCC(=O)NC1(c2ccc(Cl)cc2)CCC1. The first kappa shape index (κ1) is 12.4. The lowest BCUT2D eigenvalue weighted by atomic mass is 9.72. The number of benzene rings is 1. The smallest absolute Gasteiger partial charge is 0.246 e. The predicted molar refractivity (Wildman–Crippen MR) is 67.0 cm³/mol. The molecule has 92 valence electrons. The topological polar surface area (TPSA) is 38.3 Å². The molecule has 0 atom stereocenters. The molecular weight excluding hydrogens is 238 g/mol. The van der Waals surface area contributed by atoms with Crippen molar-refractivity contribution in [2.75, 3.05) is 13.7 Å². The van der Waals surface area contributed by atoms with Crippen molar-refractivity contribution in [2.24, 2.45) is 0 Å². The van der Waals surface area contributed by atoms with E-state index in [4.69, 9.17) is 16.3 Å². The van der Waals surface area contributed by atoms with Crippen LogP contribution in [0.5, 0.6) is 0 Å². The van der Waals surface area contributed by atoms with Crippen molar-refractivity contribution in [3.8, 4) is 0 Å². The van der Waals surface area contributed by atoms with Crippen LogP contribution in [0, 0.1) is 0 Å². The van der Waals surface area contributed by atoms with Gasteiger partial charge in [-0.05, 0) is 37.0 Å². The van der Waals surface area contributed by atoms with Crippen LogP contribution in [0.4, 0.5) is 0 Å². The molecule has 17 heavy (non-hydrogen) atoms. The Bertz CT molecular complexity index is 398. The Morgan fingerprint density at radius 1 is 1.41 bits per heavy atom. The number of ether oxygens (including phenoxy) is 1. The van der Waals surface area contributed by atoms with Crippen LogP contribution in [0.3, 0.4) is 0 Å². The van der Waals surface area contributed by atoms with Crippen LogP contribution in [0.2, 0.25) is 5.02 Å². The minimum Gasteiger partial charge on any atom is -0.375 e. The van der Waals surface area contributed by atoms with E-state index in [-0.39, 0.29) is 18.1 Å².